The molecule has 1 aromatic carbocycles. The Morgan fingerprint density at radius 2 is 2.00 bits per heavy atom. The van der Waals surface area contributed by atoms with Crippen LogP contribution in [-0.2, 0) is 4.74 Å². The van der Waals surface area contributed by atoms with Gasteiger partial charge in [-0.15, -0.1) is 0 Å². The molecular formula is C17H15F2N3O3. The van der Waals surface area contributed by atoms with E-state index in [0.29, 0.717) is 5.39 Å². The molecule has 0 aliphatic heterocycles. The van der Waals surface area contributed by atoms with Crippen LogP contribution in [0.15, 0.2) is 24.4 Å². The lowest BCUT2D eigenvalue weighted by atomic mass is 10.1. The first-order chi connectivity index (χ1) is 12.0. The summed E-state index contributed by atoms with van der Waals surface area (Å²) in [6.45, 7) is -0.300. The molecule has 2 aromatic heterocycles. The zero-order valence-electron chi connectivity index (χ0n) is 13.5. The molecule has 0 atom stereocenters. The lowest BCUT2D eigenvalue weighted by molar-refractivity contribution is 0.0839. The Labute approximate surface area is 141 Å². The molecule has 3 rings (SSSR count). The van der Waals surface area contributed by atoms with Crippen molar-refractivity contribution < 1.29 is 23.0 Å². The number of rotatable bonds is 5. The minimum Gasteiger partial charge on any atom is -0.492 e. The van der Waals surface area contributed by atoms with E-state index in [4.69, 9.17) is 15.2 Å². The van der Waals surface area contributed by atoms with Gasteiger partial charge in [0.1, 0.15) is 18.0 Å². The van der Waals surface area contributed by atoms with Crippen LogP contribution < -0.4 is 10.5 Å². The number of aromatic nitrogens is 2. The van der Waals surface area contributed by atoms with Crippen LogP contribution in [0.2, 0.25) is 0 Å². The second kappa shape index (κ2) is 6.48. The predicted molar refractivity (Wildman–Crippen MR) is 88.6 cm³/mol. The molecule has 0 amide bonds. The maximum Gasteiger partial charge on any atom is 0.210 e. The second-order valence-electron chi connectivity index (χ2n) is 5.30. The number of carbonyl (C=O) groups excluding carboxylic acids is 1. The van der Waals surface area contributed by atoms with Crippen molar-refractivity contribution in [3.63, 3.8) is 0 Å². The van der Waals surface area contributed by atoms with Gasteiger partial charge in [0.15, 0.2) is 23.1 Å². The van der Waals surface area contributed by atoms with Crippen molar-refractivity contribution in [2.45, 2.75) is 0 Å². The number of carbonyl (C=O) groups is 1. The number of nitrogens with zero attached hydrogens (tertiary/aromatic N) is 1. The van der Waals surface area contributed by atoms with Crippen LogP contribution in [0.4, 0.5) is 14.5 Å². The summed E-state index contributed by atoms with van der Waals surface area (Å²) in [6, 6.07) is 4.68. The molecule has 2 heterocycles. The number of anilines is 1. The molecule has 0 radical (unpaired) electrons. The smallest absolute Gasteiger partial charge is 0.210 e. The molecule has 0 aliphatic carbocycles. The van der Waals surface area contributed by atoms with Gasteiger partial charge in [-0.05, 0) is 12.1 Å². The van der Waals surface area contributed by atoms with Crippen molar-refractivity contribution in [1.29, 1.82) is 0 Å². The molecule has 25 heavy (non-hydrogen) atoms. The van der Waals surface area contributed by atoms with E-state index in [1.54, 1.807) is 18.3 Å². The van der Waals surface area contributed by atoms with Gasteiger partial charge in [0.2, 0.25) is 5.78 Å². The number of hydrogen-bond donors (Lipinski definition) is 2. The molecule has 0 fully saturated rings. The summed E-state index contributed by atoms with van der Waals surface area (Å²) in [5.74, 6) is -2.42. The van der Waals surface area contributed by atoms with Crippen LogP contribution in [0, 0.1) is 11.6 Å². The van der Waals surface area contributed by atoms with Crippen molar-refractivity contribution in [3.05, 3.63) is 41.7 Å². The van der Waals surface area contributed by atoms with Gasteiger partial charge in [-0.25, -0.2) is 13.8 Å². The summed E-state index contributed by atoms with van der Waals surface area (Å²) in [6.07, 6.45) is 1.57. The standard InChI is InChI=1S/C17H15F2N3O3/c1-24-7-10(23)16-17(25-2)13(20)12(19)15(22-16)9-4-3-8-5-6-21-14(8)11(9)18/h3-6,21H,7H2,1-2H3,(H2,20,22). The van der Waals surface area contributed by atoms with Crippen molar-refractivity contribution in [3.8, 4) is 17.0 Å². The van der Waals surface area contributed by atoms with Crippen molar-refractivity contribution in [2.75, 3.05) is 26.6 Å². The van der Waals surface area contributed by atoms with Gasteiger partial charge < -0.3 is 20.2 Å². The molecule has 0 saturated heterocycles. The highest BCUT2D eigenvalue weighted by Crippen LogP contribution is 2.36. The van der Waals surface area contributed by atoms with Crippen molar-refractivity contribution >= 4 is 22.4 Å². The Bertz CT molecular complexity index is 969. The number of Topliss-reactive ketones (excluding diaryl/α,β-unsaturated/α-hetero) is 1. The first-order valence-electron chi connectivity index (χ1n) is 7.30. The molecule has 3 N–H and O–H groups in total. The average Bonchev–Trinajstić information content (AvgIpc) is 3.07. The van der Waals surface area contributed by atoms with Crippen LogP contribution in [0.25, 0.3) is 22.2 Å². The maximum atomic E-state index is 14.7. The monoisotopic (exact) mass is 347 g/mol. The first-order valence-corrected chi connectivity index (χ1v) is 7.30. The number of ketones is 1. The largest absolute Gasteiger partial charge is 0.492 e. The van der Waals surface area contributed by atoms with Gasteiger partial charge in [0, 0.05) is 24.3 Å². The van der Waals surface area contributed by atoms with E-state index < -0.39 is 23.1 Å². The van der Waals surface area contributed by atoms with Crippen LogP contribution in [0.5, 0.6) is 5.75 Å². The minimum absolute atomic E-state index is 0.117. The number of nitrogens with one attached hydrogen (secondary N) is 1. The lowest BCUT2D eigenvalue weighted by Gasteiger charge is -2.14. The number of fused-ring (bicyclic) bond motifs is 1. The number of halogens is 2. The van der Waals surface area contributed by atoms with Crippen LogP contribution in [0.3, 0.4) is 0 Å². The molecule has 6 nitrogen and oxygen atoms in total. The number of hydrogen-bond acceptors (Lipinski definition) is 5. The zero-order valence-corrected chi connectivity index (χ0v) is 13.5. The number of nitrogen functional groups attached to an aromatic ring is 1. The van der Waals surface area contributed by atoms with Crippen LogP contribution >= 0.6 is 0 Å². The summed E-state index contributed by atoms with van der Waals surface area (Å²) >= 11 is 0. The summed E-state index contributed by atoms with van der Waals surface area (Å²) in [7, 11) is 2.57. The van der Waals surface area contributed by atoms with E-state index in [1.165, 1.54) is 20.3 Å². The number of methoxy groups -OCH3 is 2. The lowest BCUT2D eigenvalue weighted by Crippen LogP contribution is -2.14. The summed E-state index contributed by atoms with van der Waals surface area (Å²) in [5, 5.41) is 0.624. The normalized spacial score (nSPS) is 11.0. The number of ether oxygens (including phenoxy) is 2. The van der Waals surface area contributed by atoms with E-state index in [0.717, 1.165) is 0 Å². The third-order valence-corrected chi connectivity index (χ3v) is 3.79. The van der Waals surface area contributed by atoms with Gasteiger partial charge in [0.05, 0.1) is 12.6 Å². The van der Waals surface area contributed by atoms with Gasteiger partial charge in [-0.2, -0.15) is 0 Å². The topological polar surface area (TPSA) is 90.2 Å². The van der Waals surface area contributed by atoms with E-state index in [9.17, 15) is 13.6 Å². The highest BCUT2D eigenvalue weighted by molar-refractivity contribution is 6.00. The summed E-state index contributed by atoms with van der Waals surface area (Å²) in [5.41, 5.74) is 4.83. The molecule has 0 spiro atoms. The molecule has 3 aromatic rings. The van der Waals surface area contributed by atoms with Crippen molar-refractivity contribution in [1.82, 2.24) is 9.97 Å². The Balaban J connectivity index is 2.27. The van der Waals surface area contributed by atoms with Gasteiger partial charge in [0.25, 0.3) is 0 Å². The minimum atomic E-state index is -0.962. The SMILES string of the molecule is COCC(=O)c1nc(-c2ccc3cc[nH]c3c2F)c(F)c(N)c1OC. The Hall–Kier alpha value is -3.00. The first kappa shape index (κ1) is 16.8. The number of H-pyrrole nitrogens is 1. The summed E-state index contributed by atoms with van der Waals surface area (Å²) < 4.78 is 39.2. The second-order valence-corrected chi connectivity index (χ2v) is 5.30. The molecule has 0 saturated carbocycles. The number of benzene rings is 1. The number of aromatic amines is 1. The van der Waals surface area contributed by atoms with Crippen LogP contribution in [-0.4, -0.2) is 36.6 Å². The third-order valence-electron chi connectivity index (χ3n) is 3.79. The van der Waals surface area contributed by atoms with E-state index in [1.807, 2.05) is 0 Å². The molecule has 130 valence electrons. The van der Waals surface area contributed by atoms with Crippen LogP contribution in [0.1, 0.15) is 10.5 Å². The van der Waals surface area contributed by atoms with E-state index in [-0.39, 0.29) is 34.8 Å². The van der Waals surface area contributed by atoms with Gasteiger partial charge >= 0.3 is 0 Å². The number of nitrogens with two attached hydrogens (primary N) is 1. The fraction of sp³-hybridized carbons (Fsp3) is 0.176. The average molecular weight is 347 g/mol. The zero-order chi connectivity index (χ0) is 18.1. The molecule has 0 bridgehead atoms. The Kier molecular flexibility index (Phi) is 4.37. The van der Waals surface area contributed by atoms with Gasteiger partial charge in [-0.1, -0.05) is 6.07 Å². The molecule has 8 heteroatoms. The van der Waals surface area contributed by atoms with E-state index >= 15 is 0 Å². The Morgan fingerprint density at radius 1 is 1.24 bits per heavy atom. The molecule has 0 unspecified atom stereocenters. The predicted octanol–water partition coefficient (Wildman–Crippen LogP) is 2.93. The van der Waals surface area contributed by atoms with Crippen molar-refractivity contribution in [2.24, 2.45) is 0 Å². The fourth-order valence-corrected chi connectivity index (χ4v) is 2.61. The molecular weight excluding hydrogens is 332 g/mol. The highest BCUT2D eigenvalue weighted by atomic mass is 19.1. The quantitative estimate of drug-likeness (QED) is 0.693. The van der Waals surface area contributed by atoms with Gasteiger partial charge in [-0.3, -0.25) is 4.79 Å². The number of pyridine rings is 1. The molecule has 0 aliphatic rings. The summed E-state index contributed by atoms with van der Waals surface area (Å²) in [4.78, 5) is 18.9. The van der Waals surface area contributed by atoms with E-state index in [2.05, 4.69) is 9.97 Å². The third kappa shape index (κ3) is 2.70. The highest BCUT2D eigenvalue weighted by Gasteiger charge is 2.25. The maximum absolute atomic E-state index is 14.7. The Morgan fingerprint density at radius 3 is 2.68 bits per heavy atom. The fourth-order valence-electron chi connectivity index (χ4n) is 2.61.